The molecule has 0 N–H and O–H groups in total. The molecule has 13 rings (SSSR count). The van der Waals surface area contributed by atoms with Crippen molar-refractivity contribution in [2.24, 2.45) is 0 Å². The fourth-order valence-electron chi connectivity index (χ4n) is 10.9. The monoisotopic (exact) mass is 692 g/mol. The van der Waals surface area contributed by atoms with Gasteiger partial charge >= 0.3 is 0 Å². The average molecular weight is 692 g/mol. The molecular formula is C48H34B2N2O2. The Bertz CT molecular complexity index is 3090. The number of benzene rings is 7. The Morgan fingerprint density at radius 2 is 0.796 bits per heavy atom. The Morgan fingerprint density at radius 3 is 1.26 bits per heavy atom. The molecule has 0 atom stereocenters. The van der Waals surface area contributed by atoms with Gasteiger partial charge in [-0.15, -0.1) is 0 Å². The van der Waals surface area contributed by atoms with E-state index in [1.54, 1.807) is 0 Å². The molecule has 0 bridgehead atoms. The van der Waals surface area contributed by atoms with Crippen molar-refractivity contribution >= 4 is 89.8 Å². The summed E-state index contributed by atoms with van der Waals surface area (Å²) in [6.45, 7) is 13.3. The molecule has 2 aromatic heterocycles. The molecule has 0 spiro atoms. The van der Waals surface area contributed by atoms with Gasteiger partial charge < -0.3 is 18.6 Å². The van der Waals surface area contributed by atoms with Gasteiger partial charge in [0.15, 0.2) is 0 Å². The minimum absolute atomic E-state index is 0.0133. The first kappa shape index (κ1) is 29.3. The van der Waals surface area contributed by atoms with Crippen molar-refractivity contribution in [1.29, 1.82) is 0 Å². The summed E-state index contributed by atoms with van der Waals surface area (Å²) in [5.74, 6) is 3.63. The summed E-state index contributed by atoms with van der Waals surface area (Å²) in [6.07, 6.45) is 0. The number of fused-ring (bicyclic) bond motifs is 14. The van der Waals surface area contributed by atoms with Gasteiger partial charge in [0.05, 0.1) is 11.0 Å². The third-order valence-corrected chi connectivity index (χ3v) is 12.8. The molecule has 0 amide bonds. The van der Waals surface area contributed by atoms with Crippen LogP contribution in [0.15, 0.2) is 97.1 Å². The van der Waals surface area contributed by atoms with Gasteiger partial charge in [-0.3, -0.25) is 0 Å². The first-order valence-electron chi connectivity index (χ1n) is 19.1. The van der Waals surface area contributed by atoms with E-state index >= 15 is 0 Å². The van der Waals surface area contributed by atoms with E-state index in [4.69, 9.17) is 9.47 Å². The molecule has 0 saturated heterocycles. The van der Waals surface area contributed by atoms with Crippen molar-refractivity contribution in [1.82, 2.24) is 9.13 Å². The lowest BCUT2D eigenvalue weighted by molar-refractivity contribution is 0.465. The van der Waals surface area contributed by atoms with E-state index in [1.165, 1.54) is 121 Å². The molecule has 6 heteroatoms. The van der Waals surface area contributed by atoms with Crippen LogP contribution >= 0.6 is 0 Å². The predicted molar refractivity (Wildman–Crippen MR) is 226 cm³/mol. The van der Waals surface area contributed by atoms with Crippen LogP contribution in [0.2, 0.25) is 0 Å². The van der Waals surface area contributed by atoms with Crippen LogP contribution in [0.4, 0.5) is 0 Å². The van der Waals surface area contributed by atoms with Crippen LogP contribution in [0.5, 0.6) is 23.0 Å². The van der Waals surface area contributed by atoms with Gasteiger partial charge in [-0.1, -0.05) is 52.6 Å². The molecular weight excluding hydrogens is 658 g/mol. The molecule has 9 aromatic rings. The fraction of sp³-hybridized carbons (Fsp3) is 0.125. The van der Waals surface area contributed by atoms with Crippen LogP contribution in [0.3, 0.4) is 0 Å². The Morgan fingerprint density at radius 1 is 0.370 bits per heavy atom. The zero-order chi connectivity index (χ0) is 36.0. The maximum absolute atomic E-state index is 7.02. The minimum atomic E-state index is 0.0133. The second kappa shape index (κ2) is 9.50. The third-order valence-electron chi connectivity index (χ3n) is 12.8. The number of aromatic nitrogens is 2. The summed E-state index contributed by atoms with van der Waals surface area (Å²) in [5.41, 5.74) is 22.6. The highest BCUT2D eigenvalue weighted by Crippen LogP contribution is 2.42. The van der Waals surface area contributed by atoms with Crippen molar-refractivity contribution in [3.8, 4) is 34.4 Å². The third kappa shape index (κ3) is 3.44. The van der Waals surface area contributed by atoms with Crippen LogP contribution in [-0.2, 0) is 0 Å². The van der Waals surface area contributed by atoms with Gasteiger partial charge in [-0.05, 0) is 146 Å². The summed E-state index contributed by atoms with van der Waals surface area (Å²) in [6, 6.07) is 37.2. The molecule has 4 nitrogen and oxygen atoms in total. The fourth-order valence-corrected chi connectivity index (χ4v) is 10.9. The van der Waals surface area contributed by atoms with E-state index in [1.807, 2.05) is 0 Å². The maximum atomic E-state index is 7.02. The number of hydrogen-bond acceptors (Lipinski definition) is 2. The van der Waals surface area contributed by atoms with Gasteiger partial charge in [0.2, 0.25) is 0 Å². The highest BCUT2D eigenvalue weighted by molar-refractivity contribution is 7.02. The molecule has 0 saturated carbocycles. The normalized spacial score (nSPS) is 14.0. The largest absolute Gasteiger partial charge is 0.458 e. The van der Waals surface area contributed by atoms with E-state index in [2.05, 4.69) is 148 Å². The second-order valence-corrected chi connectivity index (χ2v) is 16.6. The Kier molecular flexibility index (Phi) is 5.16. The first-order chi connectivity index (χ1) is 26.2. The summed E-state index contributed by atoms with van der Waals surface area (Å²) in [5, 5.41) is 5.25. The number of nitrogens with zero attached hydrogens (tertiary/aromatic N) is 2. The van der Waals surface area contributed by atoms with Crippen LogP contribution in [0, 0.1) is 41.5 Å². The first-order valence-corrected chi connectivity index (χ1v) is 19.1. The number of aryl methyl sites for hydroxylation is 6. The molecule has 7 aromatic carbocycles. The van der Waals surface area contributed by atoms with E-state index in [9.17, 15) is 0 Å². The summed E-state index contributed by atoms with van der Waals surface area (Å²) < 4.78 is 19.1. The molecule has 6 heterocycles. The molecule has 4 aliphatic rings. The highest BCUT2D eigenvalue weighted by atomic mass is 16.5. The lowest BCUT2D eigenvalue weighted by Gasteiger charge is -2.37. The maximum Gasteiger partial charge on any atom is 0.256 e. The zero-order valence-electron chi connectivity index (χ0n) is 31.1. The van der Waals surface area contributed by atoms with E-state index < -0.39 is 0 Å². The Hall–Kier alpha value is -6.13. The molecule has 0 fully saturated rings. The molecule has 54 heavy (non-hydrogen) atoms. The number of rotatable bonds is 0. The smallest absolute Gasteiger partial charge is 0.256 e. The molecule has 0 aliphatic carbocycles. The van der Waals surface area contributed by atoms with Crippen molar-refractivity contribution in [2.45, 2.75) is 41.5 Å². The van der Waals surface area contributed by atoms with E-state index in [0.29, 0.717) is 0 Å². The topological polar surface area (TPSA) is 28.3 Å². The van der Waals surface area contributed by atoms with Crippen molar-refractivity contribution in [2.75, 3.05) is 0 Å². The Labute approximate surface area is 313 Å². The van der Waals surface area contributed by atoms with Crippen LogP contribution in [0.25, 0.3) is 55.0 Å². The summed E-state index contributed by atoms with van der Waals surface area (Å²) in [4.78, 5) is 0. The van der Waals surface area contributed by atoms with Gasteiger partial charge in [0.1, 0.15) is 23.0 Å². The quantitative estimate of drug-likeness (QED) is 0.153. The Balaban J connectivity index is 1.14. The molecule has 4 aliphatic heterocycles. The summed E-state index contributed by atoms with van der Waals surface area (Å²) in [7, 11) is 0. The van der Waals surface area contributed by atoms with Crippen molar-refractivity contribution in [3.63, 3.8) is 0 Å². The molecule has 0 radical (unpaired) electrons. The van der Waals surface area contributed by atoms with Crippen LogP contribution < -0.4 is 42.3 Å². The van der Waals surface area contributed by atoms with Gasteiger partial charge in [0, 0.05) is 50.0 Å². The number of hydrogen-bond donors (Lipinski definition) is 0. The van der Waals surface area contributed by atoms with Gasteiger partial charge in [-0.2, -0.15) is 0 Å². The van der Waals surface area contributed by atoms with Crippen LogP contribution in [0.1, 0.15) is 33.4 Å². The minimum Gasteiger partial charge on any atom is -0.458 e. The molecule has 254 valence electrons. The number of ether oxygens (including phenoxy) is 2. The summed E-state index contributed by atoms with van der Waals surface area (Å²) >= 11 is 0. The van der Waals surface area contributed by atoms with Crippen LogP contribution in [-0.4, -0.2) is 22.6 Å². The second-order valence-electron chi connectivity index (χ2n) is 16.6. The van der Waals surface area contributed by atoms with Gasteiger partial charge in [0.25, 0.3) is 13.4 Å². The predicted octanol–water partition coefficient (Wildman–Crippen LogP) is 7.60. The van der Waals surface area contributed by atoms with Crippen molar-refractivity contribution < 1.29 is 9.47 Å². The standard InChI is InChI=1S/C48H34B2N2O2/c1-23-7-9-37-29(11-23)31-13-25(3)15-35-47(31)51(37)39-17-27(5)19-43-45(39)49(35)33-21-34-42(22-41(33)53-43)54-44-20-28(6)18-40-46(44)50(34)36-16-26(4)14-32-30-12-24(2)8-10-38(30)52(40)48(32)36/h7-22H,1-6H3. The lowest BCUT2D eigenvalue weighted by Crippen LogP contribution is -2.62. The van der Waals surface area contributed by atoms with E-state index in [-0.39, 0.29) is 13.4 Å². The van der Waals surface area contributed by atoms with E-state index in [0.717, 1.165) is 23.0 Å². The average Bonchev–Trinajstić information content (AvgIpc) is 3.62. The van der Waals surface area contributed by atoms with Gasteiger partial charge in [-0.25, -0.2) is 0 Å². The van der Waals surface area contributed by atoms with Crippen molar-refractivity contribution in [3.05, 3.63) is 130 Å². The molecule has 0 unspecified atom stereocenters. The highest BCUT2D eigenvalue weighted by Gasteiger charge is 2.45. The lowest BCUT2D eigenvalue weighted by atomic mass is 9.31. The SMILES string of the molecule is Cc1cc2c3c(c1)-n1c4ccc(C)cc4c4cc(C)cc(c41)B3c1cc3c(cc1O2)Oc1cc(C)cc2c1B3c1cc(C)cc3c4cc(C)ccc4n-2c13. The zero-order valence-corrected chi connectivity index (χ0v) is 31.1.